The summed E-state index contributed by atoms with van der Waals surface area (Å²) in [6, 6.07) is 6.27. The predicted molar refractivity (Wildman–Crippen MR) is 69.1 cm³/mol. The molecule has 16 heavy (non-hydrogen) atoms. The molecule has 0 aromatic heterocycles. The van der Waals surface area contributed by atoms with Gasteiger partial charge in [0.05, 0.1) is 18.8 Å². The molecule has 0 heterocycles. The van der Waals surface area contributed by atoms with E-state index >= 15 is 0 Å². The van der Waals surface area contributed by atoms with Gasteiger partial charge in [0.2, 0.25) is 0 Å². The highest BCUT2D eigenvalue weighted by Gasteiger charge is 2.11. The SMILES string of the molecule is CNC(COC(C)C)c1cc(C)cc(Cl)c1. The van der Waals surface area contributed by atoms with Crippen molar-refractivity contribution in [3.8, 4) is 0 Å². The highest BCUT2D eigenvalue weighted by Crippen LogP contribution is 2.20. The Balaban J connectivity index is 2.78. The van der Waals surface area contributed by atoms with Gasteiger partial charge in [0, 0.05) is 5.02 Å². The number of halogens is 1. The summed E-state index contributed by atoms with van der Waals surface area (Å²) in [5.74, 6) is 0. The van der Waals surface area contributed by atoms with Crippen LogP contribution in [0.4, 0.5) is 0 Å². The third kappa shape index (κ3) is 4.12. The summed E-state index contributed by atoms with van der Waals surface area (Å²) < 4.78 is 5.62. The van der Waals surface area contributed by atoms with Crippen molar-refractivity contribution in [1.82, 2.24) is 5.32 Å². The third-order valence-electron chi connectivity index (χ3n) is 2.41. The van der Waals surface area contributed by atoms with Crippen LogP contribution < -0.4 is 5.32 Å². The van der Waals surface area contributed by atoms with E-state index in [1.807, 2.05) is 40.0 Å². The number of likely N-dealkylation sites (N-methyl/N-ethyl adjacent to an activating group) is 1. The lowest BCUT2D eigenvalue weighted by molar-refractivity contribution is 0.0626. The van der Waals surface area contributed by atoms with Gasteiger partial charge in [-0.15, -0.1) is 0 Å². The van der Waals surface area contributed by atoms with E-state index in [9.17, 15) is 0 Å². The summed E-state index contributed by atoms with van der Waals surface area (Å²) in [6.07, 6.45) is 0.246. The minimum atomic E-state index is 0.194. The van der Waals surface area contributed by atoms with Crippen LogP contribution in [-0.4, -0.2) is 19.8 Å². The maximum absolute atomic E-state index is 6.05. The van der Waals surface area contributed by atoms with Crippen LogP contribution in [0.25, 0.3) is 0 Å². The topological polar surface area (TPSA) is 21.3 Å². The monoisotopic (exact) mass is 241 g/mol. The molecule has 0 fully saturated rings. The average Bonchev–Trinajstić information content (AvgIpc) is 2.16. The van der Waals surface area contributed by atoms with E-state index in [-0.39, 0.29) is 12.1 Å². The second-order valence-electron chi connectivity index (χ2n) is 4.29. The Morgan fingerprint density at radius 2 is 2.00 bits per heavy atom. The van der Waals surface area contributed by atoms with Gasteiger partial charge in [-0.1, -0.05) is 17.7 Å². The lowest BCUT2D eigenvalue weighted by atomic mass is 10.1. The van der Waals surface area contributed by atoms with Crippen LogP contribution in [0.15, 0.2) is 18.2 Å². The molecule has 0 aliphatic carbocycles. The minimum absolute atomic E-state index is 0.194. The van der Waals surface area contributed by atoms with Crippen LogP contribution in [-0.2, 0) is 4.74 Å². The lowest BCUT2D eigenvalue weighted by Gasteiger charge is -2.19. The van der Waals surface area contributed by atoms with E-state index in [4.69, 9.17) is 16.3 Å². The van der Waals surface area contributed by atoms with Gasteiger partial charge in [-0.25, -0.2) is 0 Å². The zero-order valence-corrected chi connectivity index (χ0v) is 11.1. The van der Waals surface area contributed by atoms with Crippen molar-refractivity contribution in [2.45, 2.75) is 32.9 Å². The Bertz CT molecular complexity index is 318. The summed E-state index contributed by atoms with van der Waals surface area (Å²) in [5.41, 5.74) is 2.35. The first-order valence-corrected chi connectivity index (χ1v) is 5.96. The van der Waals surface area contributed by atoms with Crippen molar-refractivity contribution < 1.29 is 4.74 Å². The Kier molecular flexibility index (Phi) is 5.26. The highest BCUT2D eigenvalue weighted by molar-refractivity contribution is 6.30. The van der Waals surface area contributed by atoms with E-state index in [0.29, 0.717) is 6.61 Å². The zero-order chi connectivity index (χ0) is 12.1. The molecule has 0 saturated carbocycles. The van der Waals surface area contributed by atoms with E-state index in [1.54, 1.807) is 0 Å². The van der Waals surface area contributed by atoms with Gasteiger partial charge in [0.25, 0.3) is 0 Å². The number of hydrogen-bond donors (Lipinski definition) is 1. The van der Waals surface area contributed by atoms with Crippen molar-refractivity contribution in [3.05, 3.63) is 34.3 Å². The van der Waals surface area contributed by atoms with Crippen molar-refractivity contribution >= 4 is 11.6 Å². The van der Waals surface area contributed by atoms with E-state index in [2.05, 4.69) is 11.4 Å². The number of aryl methyl sites for hydroxylation is 1. The number of nitrogens with one attached hydrogen (secondary N) is 1. The maximum atomic E-state index is 6.05. The Morgan fingerprint density at radius 1 is 1.31 bits per heavy atom. The Morgan fingerprint density at radius 3 is 2.50 bits per heavy atom. The number of ether oxygens (including phenoxy) is 1. The molecular formula is C13H20ClNO. The Hall–Kier alpha value is -0.570. The largest absolute Gasteiger partial charge is 0.377 e. The highest BCUT2D eigenvalue weighted by atomic mass is 35.5. The van der Waals surface area contributed by atoms with Gasteiger partial charge in [0.1, 0.15) is 0 Å². The summed E-state index contributed by atoms with van der Waals surface area (Å²) in [5, 5.41) is 4.02. The first-order valence-electron chi connectivity index (χ1n) is 5.59. The second-order valence-corrected chi connectivity index (χ2v) is 4.72. The first-order chi connectivity index (χ1) is 7.52. The van der Waals surface area contributed by atoms with Gasteiger partial charge in [-0.05, 0) is 51.1 Å². The summed E-state index contributed by atoms with van der Waals surface area (Å²) in [7, 11) is 1.94. The van der Waals surface area contributed by atoms with Gasteiger partial charge < -0.3 is 10.1 Å². The van der Waals surface area contributed by atoms with Crippen LogP contribution >= 0.6 is 11.6 Å². The van der Waals surface area contributed by atoms with Crippen molar-refractivity contribution in [2.75, 3.05) is 13.7 Å². The molecule has 1 rings (SSSR count). The van der Waals surface area contributed by atoms with Crippen LogP contribution in [0.1, 0.15) is 31.0 Å². The molecule has 90 valence electrons. The van der Waals surface area contributed by atoms with Crippen LogP contribution in [0.2, 0.25) is 5.02 Å². The van der Waals surface area contributed by atoms with Gasteiger partial charge in [0.15, 0.2) is 0 Å². The van der Waals surface area contributed by atoms with Gasteiger partial charge >= 0.3 is 0 Å². The molecule has 1 atom stereocenters. The van der Waals surface area contributed by atoms with Gasteiger partial charge in [-0.2, -0.15) is 0 Å². The lowest BCUT2D eigenvalue weighted by Crippen LogP contribution is -2.23. The predicted octanol–water partition coefficient (Wildman–Crippen LogP) is 3.33. The zero-order valence-electron chi connectivity index (χ0n) is 10.4. The van der Waals surface area contributed by atoms with Crippen LogP contribution in [0.3, 0.4) is 0 Å². The molecule has 0 radical (unpaired) electrons. The molecule has 1 N–H and O–H groups in total. The van der Waals surface area contributed by atoms with Crippen LogP contribution in [0.5, 0.6) is 0 Å². The third-order valence-corrected chi connectivity index (χ3v) is 2.63. The molecule has 1 unspecified atom stereocenters. The number of hydrogen-bond acceptors (Lipinski definition) is 2. The number of rotatable bonds is 5. The number of benzene rings is 1. The molecule has 0 spiro atoms. The van der Waals surface area contributed by atoms with Crippen molar-refractivity contribution in [2.24, 2.45) is 0 Å². The van der Waals surface area contributed by atoms with Crippen LogP contribution in [0, 0.1) is 6.92 Å². The first kappa shape index (κ1) is 13.5. The summed E-state index contributed by atoms with van der Waals surface area (Å²) >= 11 is 6.05. The Labute approximate surface area is 103 Å². The summed E-state index contributed by atoms with van der Waals surface area (Å²) in [6.45, 7) is 6.78. The molecule has 0 aliphatic heterocycles. The maximum Gasteiger partial charge on any atom is 0.0664 e. The van der Waals surface area contributed by atoms with E-state index < -0.39 is 0 Å². The second kappa shape index (κ2) is 6.24. The molecular weight excluding hydrogens is 222 g/mol. The molecule has 0 amide bonds. The van der Waals surface area contributed by atoms with Crippen molar-refractivity contribution in [1.29, 1.82) is 0 Å². The molecule has 0 saturated heterocycles. The molecule has 1 aromatic rings. The average molecular weight is 242 g/mol. The fourth-order valence-electron chi connectivity index (χ4n) is 1.60. The molecule has 1 aromatic carbocycles. The van der Waals surface area contributed by atoms with E-state index in [1.165, 1.54) is 11.1 Å². The quantitative estimate of drug-likeness (QED) is 0.854. The minimum Gasteiger partial charge on any atom is -0.377 e. The van der Waals surface area contributed by atoms with Crippen molar-refractivity contribution in [3.63, 3.8) is 0 Å². The molecule has 3 heteroatoms. The molecule has 2 nitrogen and oxygen atoms in total. The fourth-order valence-corrected chi connectivity index (χ4v) is 1.90. The molecule has 0 bridgehead atoms. The fraction of sp³-hybridized carbons (Fsp3) is 0.538. The molecule has 0 aliphatic rings. The standard InChI is InChI=1S/C13H20ClNO/c1-9(2)16-8-13(15-4)11-5-10(3)6-12(14)7-11/h5-7,9,13,15H,8H2,1-4H3. The van der Waals surface area contributed by atoms with Gasteiger partial charge in [-0.3, -0.25) is 0 Å². The normalized spacial score (nSPS) is 13.1. The van der Waals surface area contributed by atoms with E-state index in [0.717, 1.165) is 5.02 Å². The summed E-state index contributed by atoms with van der Waals surface area (Å²) in [4.78, 5) is 0. The smallest absolute Gasteiger partial charge is 0.0664 e.